The minimum absolute atomic E-state index is 0.414. The maximum atomic E-state index is 10.5. The third-order valence-electron chi connectivity index (χ3n) is 1.10. The summed E-state index contributed by atoms with van der Waals surface area (Å²) >= 11 is 0. The largest absolute Gasteiger partial charge is 0.492 e. The molecule has 1 heterocycles. The molecule has 0 aromatic carbocycles. The van der Waals surface area contributed by atoms with E-state index in [1.165, 1.54) is 0 Å². The van der Waals surface area contributed by atoms with Crippen molar-refractivity contribution in [1.29, 1.82) is 5.41 Å². The molecule has 0 fully saturated rings. The summed E-state index contributed by atoms with van der Waals surface area (Å²) < 4.78 is 0.507. The van der Waals surface area contributed by atoms with Crippen molar-refractivity contribution < 1.29 is 19.8 Å². The van der Waals surface area contributed by atoms with Gasteiger partial charge in [-0.25, -0.2) is 4.79 Å². The molecule has 3 N–H and O–H groups in total. The molecule has 12 heavy (non-hydrogen) atoms. The Morgan fingerprint density at radius 3 is 2.42 bits per heavy atom. The van der Waals surface area contributed by atoms with Gasteiger partial charge in [0.1, 0.15) is 6.21 Å². The van der Waals surface area contributed by atoms with Gasteiger partial charge < -0.3 is 20.5 Å². The molecule has 0 aliphatic heterocycles. The number of hydrogen-bond acceptors (Lipinski definition) is 5. The van der Waals surface area contributed by atoms with Crippen LogP contribution in [0.3, 0.4) is 0 Å². The van der Waals surface area contributed by atoms with Crippen LogP contribution in [0.25, 0.3) is 0 Å². The Bertz CT molecular complexity index is 298. The van der Waals surface area contributed by atoms with Gasteiger partial charge >= 0.3 is 5.97 Å². The zero-order valence-electron chi connectivity index (χ0n) is 5.89. The van der Waals surface area contributed by atoms with Gasteiger partial charge in [0.2, 0.25) is 11.8 Å². The van der Waals surface area contributed by atoms with Gasteiger partial charge in [0.05, 0.1) is 0 Å². The fourth-order valence-electron chi connectivity index (χ4n) is 0.612. The number of nitrogens with zero attached hydrogens (tertiary/aromatic N) is 1. The fraction of sp³-hybridized carbons (Fsp3) is 0. The second kappa shape index (κ2) is 2.95. The van der Waals surface area contributed by atoms with Gasteiger partial charge in [0.15, 0.2) is 0 Å². The lowest BCUT2D eigenvalue weighted by Crippen LogP contribution is -2.19. The van der Waals surface area contributed by atoms with Crippen molar-refractivity contribution in [3.8, 4) is 11.8 Å². The molecular weight excluding hydrogens is 164 g/mol. The summed E-state index contributed by atoms with van der Waals surface area (Å²) in [6, 6.07) is 2.29. The first kappa shape index (κ1) is 8.12. The van der Waals surface area contributed by atoms with Crippen LogP contribution in [0.2, 0.25) is 0 Å². The second-order valence-electron chi connectivity index (χ2n) is 1.90. The normalized spacial score (nSPS) is 9.33. The molecule has 0 radical (unpaired) electrons. The number of carbonyl (C=O) groups excluding carboxylic acids is 1. The standard InChI is InChI=1S/C6H6N2O4/c7-3-6(11)12-8-4(9)1-2-5(8)10/h1-3,7,9-10H. The summed E-state index contributed by atoms with van der Waals surface area (Å²) in [7, 11) is 0. The smallest absolute Gasteiger partial charge is 0.374 e. The van der Waals surface area contributed by atoms with E-state index in [4.69, 9.17) is 15.6 Å². The molecule has 1 aromatic heterocycles. The van der Waals surface area contributed by atoms with Crippen molar-refractivity contribution in [3.63, 3.8) is 0 Å². The number of carbonyl (C=O) groups is 1. The summed E-state index contributed by atoms with van der Waals surface area (Å²) in [4.78, 5) is 14.8. The highest BCUT2D eigenvalue weighted by atomic mass is 16.7. The highest BCUT2D eigenvalue weighted by Gasteiger charge is 2.09. The van der Waals surface area contributed by atoms with Crippen LogP contribution in [0, 0.1) is 5.41 Å². The van der Waals surface area contributed by atoms with Gasteiger partial charge in [-0.05, 0) is 0 Å². The summed E-state index contributed by atoms with van der Waals surface area (Å²) in [5.41, 5.74) is 0. The zero-order valence-corrected chi connectivity index (χ0v) is 5.89. The van der Waals surface area contributed by atoms with Crippen molar-refractivity contribution in [1.82, 2.24) is 4.73 Å². The summed E-state index contributed by atoms with van der Waals surface area (Å²) in [6.45, 7) is 0. The minimum Gasteiger partial charge on any atom is -0.492 e. The third kappa shape index (κ3) is 1.36. The Morgan fingerprint density at radius 2 is 2.00 bits per heavy atom. The van der Waals surface area contributed by atoms with Crippen molar-refractivity contribution in [3.05, 3.63) is 12.1 Å². The second-order valence-corrected chi connectivity index (χ2v) is 1.90. The molecule has 0 aliphatic carbocycles. The number of rotatable bonds is 2. The van der Waals surface area contributed by atoms with E-state index in [2.05, 4.69) is 4.84 Å². The van der Waals surface area contributed by atoms with Crippen LogP contribution in [0.5, 0.6) is 11.8 Å². The van der Waals surface area contributed by atoms with Crippen LogP contribution in [0.1, 0.15) is 0 Å². The van der Waals surface area contributed by atoms with Crippen molar-refractivity contribution in [2.75, 3.05) is 0 Å². The molecular formula is C6H6N2O4. The molecule has 64 valence electrons. The molecule has 0 saturated heterocycles. The SMILES string of the molecule is N=CC(=O)On1c(O)ccc1O. The average molecular weight is 170 g/mol. The van der Waals surface area contributed by atoms with Crippen LogP contribution >= 0.6 is 0 Å². The van der Waals surface area contributed by atoms with Gasteiger partial charge in [-0.15, -0.1) is 4.73 Å². The maximum Gasteiger partial charge on any atom is 0.374 e. The summed E-state index contributed by atoms with van der Waals surface area (Å²) in [5, 5.41) is 24.3. The topological polar surface area (TPSA) is 95.5 Å². The first-order chi connectivity index (χ1) is 5.65. The molecule has 0 atom stereocenters. The predicted octanol–water partition coefficient (Wildman–Crippen LogP) is -0.496. The Balaban J connectivity index is 2.87. The molecule has 1 rings (SSSR count). The molecule has 0 spiro atoms. The van der Waals surface area contributed by atoms with Crippen molar-refractivity contribution in [2.45, 2.75) is 0 Å². The fourth-order valence-corrected chi connectivity index (χ4v) is 0.612. The third-order valence-corrected chi connectivity index (χ3v) is 1.10. The first-order valence-electron chi connectivity index (χ1n) is 2.97. The molecule has 0 bridgehead atoms. The molecule has 6 nitrogen and oxygen atoms in total. The van der Waals surface area contributed by atoms with Crippen LogP contribution < -0.4 is 4.84 Å². The number of aromatic hydroxyl groups is 2. The van der Waals surface area contributed by atoms with E-state index in [1.54, 1.807) is 0 Å². The van der Waals surface area contributed by atoms with E-state index in [-0.39, 0.29) is 0 Å². The van der Waals surface area contributed by atoms with E-state index in [0.29, 0.717) is 10.9 Å². The van der Waals surface area contributed by atoms with Crippen molar-refractivity contribution >= 4 is 12.2 Å². The average Bonchev–Trinajstić information content (AvgIpc) is 2.35. The summed E-state index contributed by atoms with van der Waals surface area (Å²) in [6.07, 6.45) is 0.416. The Hall–Kier alpha value is -1.98. The molecule has 1 aromatic rings. The number of nitrogens with one attached hydrogen (secondary N) is 1. The van der Waals surface area contributed by atoms with Crippen LogP contribution in [0.4, 0.5) is 0 Å². The number of aromatic nitrogens is 1. The zero-order chi connectivity index (χ0) is 9.14. The Morgan fingerprint density at radius 1 is 1.50 bits per heavy atom. The van der Waals surface area contributed by atoms with E-state index in [1.807, 2.05) is 0 Å². The quantitative estimate of drug-likeness (QED) is 0.521. The predicted molar refractivity (Wildman–Crippen MR) is 38.1 cm³/mol. The number of hydrogen-bond donors (Lipinski definition) is 3. The first-order valence-corrected chi connectivity index (χ1v) is 2.97. The van der Waals surface area contributed by atoms with Gasteiger partial charge in [0.25, 0.3) is 0 Å². The summed E-state index contributed by atoms with van der Waals surface area (Å²) in [5.74, 6) is -1.82. The molecule has 0 aliphatic rings. The lowest BCUT2D eigenvalue weighted by molar-refractivity contribution is -0.136. The van der Waals surface area contributed by atoms with Crippen LogP contribution in [-0.4, -0.2) is 27.1 Å². The monoisotopic (exact) mass is 170 g/mol. The highest BCUT2D eigenvalue weighted by Crippen LogP contribution is 2.18. The Kier molecular flexibility index (Phi) is 2.00. The van der Waals surface area contributed by atoms with E-state index in [0.717, 1.165) is 12.1 Å². The van der Waals surface area contributed by atoms with Crippen LogP contribution in [0.15, 0.2) is 12.1 Å². The molecule has 6 heteroatoms. The minimum atomic E-state index is -0.989. The van der Waals surface area contributed by atoms with E-state index in [9.17, 15) is 4.79 Å². The van der Waals surface area contributed by atoms with Gasteiger partial charge in [-0.1, -0.05) is 0 Å². The molecule has 0 amide bonds. The Labute approximate surface area is 67.1 Å². The molecule has 0 saturated carbocycles. The maximum absolute atomic E-state index is 10.5. The van der Waals surface area contributed by atoms with Crippen molar-refractivity contribution in [2.24, 2.45) is 0 Å². The molecule has 0 unspecified atom stereocenters. The van der Waals surface area contributed by atoms with Gasteiger partial charge in [-0.2, -0.15) is 0 Å². The van der Waals surface area contributed by atoms with Gasteiger partial charge in [-0.3, -0.25) is 0 Å². The van der Waals surface area contributed by atoms with Crippen LogP contribution in [-0.2, 0) is 4.79 Å². The van der Waals surface area contributed by atoms with E-state index < -0.39 is 17.7 Å². The highest BCUT2D eigenvalue weighted by molar-refractivity contribution is 6.21. The lowest BCUT2D eigenvalue weighted by atomic mass is 10.6. The lowest BCUT2D eigenvalue weighted by Gasteiger charge is -2.02. The van der Waals surface area contributed by atoms with E-state index >= 15 is 0 Å². The van der Waals surface area contributed by atoms with Gasteiger partial charge in [0, 0.05) is 12.1 Å².